The third-order valence-corrected chi connectivity index (χ3v) is 3.10. The van der Waals surface area contributed by atoms with Crippen molar-refractivity contribution in [3.05, 3.63) is 35.9 Å². The average molecular weight is 248 g/mol. The van der Waals surface area contributed by atoms with E-state index in [0.29, 0.717) is 13.0 Å². The Hall–Kier alpha value is -1.88. The fourth-order valence-corrected chi connectivity index (χ4v) is 2.14. The van der Waals surface area contributed by atoms with Crippen LogP contribution in [0.15, 0.2) is 30.3 Å². The number of methoxy groups -OCH3 is 1. The Bertz CT molecular complexity index is 461. The lowest BCUT2D eigenvalue weighted by Gasteiger charge is -2.45. The number of benzene rings is 1. The molecule has 1 fully saturated rings. The molecule has 0 spiro atoms. The van der Waals surface area contributed by atoms with Crippen molar-refractivity contribution < 1.29 is 14.3 Å². The minimum Gasteiger partial charge on any atom is -0.468 e. The number of carbonyl (C=O) groups is 2. The summed E-state index contributed by atoms with van der Waals surface area (Å²) in [6, 6.07) is 9.61. The van der Waals surface area contributed by atoms with E-state index < -0.39 is 11.5 Å². The minimum absolute atomic E-state index is 0.0247. The van der Waals surface area contributed by atoms with Gasteiger partial charge in [0.1, 0.15) is 12.1 Å². The standard InChI is InChI=1S/C13H16N2O3/c1-18-11(16)8-15-9-13(14,12(15)17)7-10-5-3-2-4-6-10/h2-6H,7-9,14H2,1H3. The molecule has 0 bridgehead atoms. The van der Waals surface area contributed by atoms with Gasteiger partial charge in [-0.2, -0.15) is 0 Å². The molecule has 1 unspecified atom stereocenters. The molecule has 1 atom stereocenters. The molecule has 1 aromatic carbocycles. The lowest BCUT2D eigenvalue weighted by molar-refractivity contribution is -0.158. The normalized spacial score (nSPS) is 22.6. The molecule has 1 heterocycles. The zero-order valence-corrected chi connectivity index (χ0v) is 10.3. The summed E-state index contributed by atoms with van der Waals surface area (Å²) in [6.07, 6.45) is 0.490. The van der Waals surface area contributed by atoms with E-state index in [1.807, 2.05) is 30.3 Å². The van der Waals surface area contributed by atoms with Gasteiger partial charge in [-0.3, -0.25) is 9.59 Å². The summed E-state index contributed by atoms with van der Waals surface area (Å²) in [4.78, 5) is 24.4. The van der Waals surface area contributed by atoms with Gasteiger partial charge in [0, 0.05) is 13.0 Å². The molecule has 5 nitrogen and oxygen atoms in total. The van der Waals surface area contributed by atoms with Crippen LogP contribution in [-0.2, 0) is 20.7 Å². The summed E-state index contributed by atoms with van der Waals surface area (Å²) in [5, 5.41) is 0. The highest BCUT2D eigenvalue weighted by Crippen LogP contribution is 2.24. The maximum atomic E-state index is 11.9. The highest BCUT2D eigenvalue weighted by Gasteiger charge is 2.49. The first-order valence-electron chi connectivity index (χ1n) is 5.74. The topological polar surface area (TPSA) is 72.6 Å². The molecule has 2 rings (SSSR count). The Morgan fingerprint density at radius 1 is 1.44 bits per heavy atom. The Morgan fingerprint density at radius 2 is 2.11 bits per heavy atom. The number of carbonyl (C=O) groups excluding carboxylic acids is 2. The van der Waals surface area contributed by atoms with Crippen molar-refractivity contribution in [1.82, 2.24) is 4.90 Å². The van der Waals surface area contributed by atoms with Crippen molar-refractivity contribution >= 4 is 11.9 Å². The molecule has 1 aliphatic heterocycles. The molecule has 96 valence electrons. The van der Waals surface area contributed by atoms with Gasteiger partial charge in [0.15, 0.2) is 0 Å². The molecule has 1 amide bonds. The number of ether oxygens (including phenoxy) is 1. The number of hydrogen-bond donors (Lipinski definition) is 1. The van der Waals surface area contributed by atoms with Crippen LogP contribution in [-0.4, -0.2) is 42.5 Å². The molecule has 0 radical (unpaired) electrons. The molecule has 0 aliphatic carbocycles. The molecular formula is C13H16N2O3. The van der Waals surface area contributed by atoms with Crippen LogP contribution in [0.5, 0.6) is 0 Å². The Balaban J connectivity index is 1.96. The van der Waals surface area contributed by atoms with E-state index >= 15 is 0 Å². The first-order chi connectivity index (χ1) is 8.55. The maximum absolute atomic E-state index is 11.9. The Labute approximate surface area is 106 Å². The second kappa shape index (κ2) is 4.78. The van der Waals surface area contributed by atoms with Crippen LogP contribution >= 0.6 is 0 Å². The number of amides is 1. The van der Waals surface area contributed by atoms with Crippen molar-refractivity contribution in [2.75, 3.05) is 20.2 Å². The summed E-state index contributed by atoms with van der Waals surface area (Å²) in [6.45, 7) is 0.360. The molecule has 1 aliphatic rings. The van der Waals surface area contributed by atoms with Crippen LogP contribution in [0.4, 0.5) is 0 Å². The van der Waals surface area contributed by atoms with Gasteiger partial charge in [0.25, 0.3) is 0 Å². The van der Waals surface area contributed by atoms with E-state index in [1.54, 1.807) is 0 Å². The Kier molecular flexibility index (Phi) is 3.34. The van der Waals surface area contributed by atoms with Gasteiger partial charge in [-0.1, -0.05) is 30.3 Å². The largest absolute Gasteiger partial charge is 0.468 e. The smallest absolute Gasteiger partial charge is 0.325 e. The summed E-state index contributed by atoms with van der Waals surface area (Å²) in [7, 11) is 1.30. The van der Waals surface area contributed by atoms with Crippen LogP contribution in [0.3, 0.4) is 0 Å². The van der Waals surface area contributed by atoms with Crippen LogP contribution < -0.4 is 5.73 Å². The predicted molar refractivity (Wildman–Crippen MR) is 65.7 cm³/mol. The number of rotatable bonds is 4. The van der Waals surface area contributed by atoms with Crippen LogP contribution in [0, 0.1) is 0 Å². The number of esters is 1. The zero-order chi connectivity index (χ0) is 13.2. The average Bonchev–Trinajstić information content (AvgIpc) is 2.38. The zero-order valence-electron chi connectivity index (χ0n) is 10.3. The van der Waals surface area contributed by atoms with E-state index in [4.69, 9.17) is 5.73 Å². The molecule has 18 heavy (non-hydrogen) atoms. The minimum atomic E-state index is -0.880. The molecule has 1 aromatic rings. The van der Waals surface area contributed by atoms with Crippen molar-refractivity contribution in [2.24, 2.45) is 5.73 Å². The second-order valence-corrected chi connectivity index (χ2v) is 4.56. The van der Waals surface area contributed by atoms with Crippen LogP contribution in [0.2, 0.25) is 0 Å². The van der Waals surface area contributed by atoms with Gasteiger partial charge in [-0.05, 0) is 5.56 Å². The lowest BCUT2D eigenvalue weighted by Crippen LogP contribution is -2.73. The molecular weight excluding hydrogens is 232 g/mol. The number of likely N-dealkylation sites (tertiary alicyclic amines) is 1. The van der Waals surface area contributed by atoms with Crippen molar-refractivity contribution in [3.63, 3.8) is 0 Å². The van der Waals surface area contributed by atoms with Crippen LogP contribution in [0.25, 0.3) is 0 Å². The second-order valence-electron chi connectivity index (χ2n) is 4.56. The monoisotopic (exact) mass is 248 g/mol. The highest BCUT2D eigenvalue weighted by molar-refractivity contribution is 5.95. The maximum Gasteiger partial charge on any atom is 0.325 e. The Morgan fingerprint density at radius 3 is 2.67 bits per heavy atom. The van der Waals surface area contributed by atoms with Gasteiger partial charge in [-0.15, -0.1) is 0 Å². The van der Waals surface area contributed by atoms with Gasteiger partial charge in [0.05, 0.1) is 7.11 Å². The van der Waals surface area contributed by atoms with E-state index in [-0.39, 0.29) is 12.5 Å². The van der Waals surface area contributed by atoms with Crippen molar-refractivity contribution in [3.8, 4) is 0 Å². The van der Waals surface area contributed by atoms with E-state index in [1.165, 1.54) is 12.0 Å². The third kappa shape index (κ3) is 2.36. The molecule has 5 heteroatoms. The molecule has 1 saturated heterocycles. The predicted octanol–water partition coefficient (Wildman–Crippen LogP) is -0.0582. The number of nitrogens with two attached hydrogens (primary N) is 1. The lowest BCUT2D eigenvalue weighted by atomic mass is 9.83. The number of hydrogen-bond acceptors (Lipinski definition) is 4. The van der Waals surface area contributed by atoms with Crippen molar-refractivity contribution in [2.45, 2.75) is 12.0 Å². The molecule has 0 saturated carbocycles. The van der Waals surface area contributed by atoms with Crippen molar-refractivity contribution in [1.29, 1.82) is 0 Å². The fourth-order valence-electron chi connectivity index (χ4n) is 2.14. The third-order valence-electron chi connectivity index (χ3n) is 3.10. The van der Waals surface area contributed by atoms with E-state index in [2.05, 4.69) is 4.74 Å². The molecule has 0 aromatic heterocycles. The number of β-lactam (4-membered cyclic amide) rings is 1. The van der Waals surface area contributed by atoms with E-state index in [9.17, 15) is 9.59 Å². The fraction of sp³-hybridized carbons (Fsp3) is 0.385. The van der Waals surface area contributed by atoms with Crippen LogP contribution in [0.1, 0.15) is 5.56 Å². The van der Waals surface area contributed by atoms with Gasteiger partial charge < -0.3 is 15.4 Å². The summed E-state index contributed by atoms with van der Waals surface area (Å²) in [5.74, 6) is -0.623. The number of nitrogens with zero attached hydrogens (tertiary/aromatic N) is 1. The van der Waals surface area contributed by atoms with E-state index in [0.717, 1.165) is 5.56 Å². The summed E-state index contributed by atoms with van der Waals surface area (Å²) >= 11 is 0. The van der Waals surface area contributed by atoms with Gasteiger partial charge in [-0.25, -0.2) is 0 Å². The first-order valence-corrected chi connectivity index (χ1v) is 5.74. The van der Waals surface area contributed by atoms with Gasteiger partial charge >= 0.3 is 5.97 Å². The molecule has 2 N–H and O–H groups in total. The van der Waals surface area contributed by atoms with Gasteiger partial charge in [0.2, 0.25) is 5.91 Å². The summed E-state index contributed by atoms with van der Waals surface area (Å²) < 4.78 is 4.52. The first kappa shape index (κ1) is 12.6. The quantitative estimate of drug-likeness (QED) is 0.598. The SMILES string of the molecule is COC(=O)CN1CC(N)(Cc2ccccc2)C1=O. The summed E-state index contributed by atoms with van der Waals surface area (Å²) in [5.41, 5.74) is 6.18. The highest BCUT2D eigenvalue weighted by atomic mass is 16.5.